The number of benzene rings is 2. The van der Waals surface area contributed by atoms with Gasteiger partial charge in [0.15, 0.2) is 6.61 Å². The van der Waals surface area contributed by atoms with Gasteiger partial charge >= 0.3 is 5.97 Å². The number of nitrogens with one attached hydrogen (secondary N) is 1. The van der Waals surface area contributed by atoms with Crippen molar-refractivity contribution >= 4 is 23.9 Å². The number of esters is 1. The molecule has 0 radical (unpaired) electrons. The van der Waals surface area contributed by atoms with Crippen LogP contribution in [0.15, 0.2) is 54.6 Å². The summed E-state index contributed by atoms with van der Waals surface area (Å²) in [6.07, 6.45) is 2.69. The van der Waals surface area contributed by atoms with Gasteiger partial charge in [0.1, 0.15) is 11.5 Å². The molecule has 0 bridgehead atoms. The van der Waals surface area contributed by atoms with Crippen LogP contribution >= 0.6 is 0 Å². The average molecular weight is 369 g/mol. The van der Waals surface area contributed by atoms with E-state index in [2.05, 4.69) is 5.32 Å². The van der Waals surface area contributed by atoms with Gasteiger partial charge in [-0.3, -0.25) is 14.9 Å². The number of para-hydroxylation sites is 2. The van der Waals surface area contributed by atoms with E-state index < -0.39 is 24.4 Å². The summed E-state index contributed by atoms with van der Waals surface area (Å²) < 4.78 is 15.1. The molecule has 0 atom stereocenters. The second-order valence-electron chi connectivity index (χ2n) is 5.26. The Labute approximate surface area is 156 Å². The first kappa shape index (κ1) is 19.7. The molecule has 140 valence electrons. The highest BCUT2D eigenvalue weighted by molar-refractivity contribution is 6.06. The second-order valence-corrected chi connectivity index (χ2v) is 5.26. The van der Waals surface area contributed by atoms with Crippen molar-refractivity contribution in [3.63, 3.8) is 0 Å². The van der Waals surface area contributed by atoms with Crippen LogP contribution in [0.1, 0.15) is 15.9 Å². The van der Waals surface area contributed by atoms with E-state index in [9.17, 15) is 14.4 Å². The van der Waals surface area contributed by atoms with E-state index in [1.54, 1.807) is 42.5 Å². The van der Waals surface area contributed by atoms with Gasteiger partial charge in [-0.05, 0) is 24.3 Å². The first-order valence-electron chi connectivity index (χ1n) is 8.00. The molecule has 2 aromatic carbocycles. The van der Waals surface area contributed by atoms with Crippen LogP contribution in [0, 0.1) is 0 Å². The zero-order valence-corrected chi connectivity index (χ0v) is 14.9. The maximum Gasteiger partial charge on any atom is 0.331 e. The number of rotatable bonds is 7. The van der Waals surface area contributed by atoms with Gasteiger partial charge in [-0.15, -0.1) is 0 Å². The molecule has 0 heterocycles. The lowest BCUT2D eigenvalue weighted by Gasteiger charge is -2.08. The van der Waals surface area contributed by atoms with E-state index in [1.165, 1.54) is 32.4 Å². The zero-order chi connectivity index (χ0) is 19.6. The fourth-order valence-electron chi connectivity index (χ4n) is 2.21. The van der Waals surface area contributed by atoms with Crippen LogP contribution in [-0.2, 0) is 14.3 Å². The van der Waals surface area contributed by atoms with Crippen molar-refractivity contribution in [1.29, 1.82) is 0 Å². The third-order valence-electron chi connectivity index (χ3n) is 3.49. The summed E-state index contributed by atoms with van der Waals surface area (Å²) in [5.41, 5.74) is 0.892. The van der Waals surface area contributed by atoms with Crippen molar-refractivity contribution in [2.24, 2.45) is 0 Å². The largest absolute Gasteiger partial charge is 0.496 e. The molecule has 7 heteroatoms. The molecule has 0 fully saturated rings. The molecule has 7 nitrogen and oxygen atoms in total. The second kappa shape index (κ2) is 9.76. The number of methoxy groups -OCH3 is 2. The smallest absolute Gasteiger partial charge is 0.331 e. The molecule has 0 spiro atoms. The van der Waals surface area contributed by atoms with E-state index in [0.717, 1.165) is 0 Å². The quantitative estimate of drug-likeness (QED) is 0.594. The van der Waals surface area contributed by atoms with E-state index in [-0.39, 0.29) is 5.56 Å². The summed E-state index contributed by atoms with van der Waals surface area (Å²) in [6, 6.07) is 13.6. The molecule has 1 N–H and O–H groups in total. The standard InChI is InChI=1S/C20H19NO6/c1-25-16-9-5-3-7-14(16)11-12-19(23)27-13-18(22)21-20(24)15-8-4-6-10-17(15)26-2/h3-12H,13H2,1-2H3,(H,21,22,24)/b12-11+. The molecule has 0 unspecified atom stereocenters. The van der Waals surface area contributed by atoms with Crippen molar-refractivity contribution in [2.75, 3.05) is 20.8 Å². The van der Waals surface area contributed by atoms with Gasteiger partial charge in [0.05, 0.1) is 19.8 Å². The molecule has 2 rings (SSSR count). The summed E-state index contributed by atoms with van der Waals surface area (Å²) in [5, 5.41) is 2.14. The van der Waals surface area contributed by atoms with Crippen LogP contribution in [0.4, 0.5) is 0 Å². The van der Waals surface area contributed by atoms with Gasteiger partial charge in [-0.2, -0.15) is 0 Å². The fraction of sp³-hybridized carbons (Fsp3) is 0.150. The van der Waals surface area contributed by atoms with Crippen LogP contribution in [0.25, 0.3) is 6.08 Å². The van der Waals surface area contributed by atoms with Crippen LogP contribution in [0.5, 0.6) is 11.5 Å². The van der Waals surface area contributed by atoms with Gasteiger partial charge in [0.2, 0.25) is 0 Å². The lowest BCUT2D eigenvalue weighted by atomic mass is 10.2. The zero-order valence-electron chi connectivity index (χ0n) is 14.9. The minimum atomic E-state index is -0.745. The maximum atomic E-state index is 12.1. The molecule has 2 amide bonds. The predicted molar refractivity (Wildman–Crippen MR) is 98.5 cm³/mol. The van der Waals surface area contributed by atoms with E-state index in [0.29, 0.717) is 17.1 Å². The Hall–Kier alpha value is -3.61. The lowest BCUT2D eigenvalue weighted by molar-refractivity contribution is -0.143. The minimum absolute atomic E-state index is 0.204. The summed E-state index contributed by atoms with van der Waals surface area (Å²) in [5.74, 6) is -1.18. The van der Waals surface area contributed by atoms with E-state index in [4.69, 9.17) is 14.2 Å². The van der Waals surface area contributed by atoms with Crippen LogP contribution in [0.3, 0.4) is 0 Å². The number of ether oxygens (including phenoxy) is 3. The highest BCUT2D eigenvalue weighted by Gasteiger charge is 2.15. The highest BCUT2D eigenvalue weighted by Crippen LogP contribution is 2.18. The molecule has 0 saturated heterocycles. The molecule has 0 aromatic heterocycles. The number of imide groups is 1. The molecule has 0 saturated carbocycles. The van der Waals surface area contributed by atoms with E-state index in [1.807, 2.05) is 0 Å². The molecule has 0 aliphatic rings. The number of amides is 2. The third kappa shape index (κ3) is 5.71. The molecular formula is C20H19NO6. The molecular weight excluding hydrogens is 350 g/mol. The van der Waals surface area contributed by atoms with Gasteiger partial charge < -0.3 is 14.2 Å². The minimum Gasteiger partial charge on any atom is -0.496 e. The predicted octanol–water partition coefficient (Wildman–Crippen LogP) is 2.22. The summed E-state index contributed by atoms with van der Waals surface area (Å²) in [7, 11) is 2.94. The fourth-order valence-corrected chi connectivity index (χ4v) is 2.21. The maximum absolute atomic E-state index is 12.1. The van der Waals surface area contributed by atoms with Crippen molar-refractivity contribution in [1.82, 2.24) is 5.32 Å². The van der Waals surface area contributed by atoms with Crippen molar-refractivity contribution < 1.29 is 28.6 Å². The molecule has 0 aliphatic carbocycles. The SMILES string of the molecule is COc1ccccc1/C=C/C(=O)OCC(=O)NC(=O)c1ccccc1OC. The molecule has 27 heavy (non-hydrogen) atoms. The van der Waals surface area contributed by atoms with Crippen molar-refractivity contribution in [3.05, 3.63) is 65.7 Å². The Morgan fingerprint density at radius 2 is 1.56 bits per heavy atom. The highest BCUT2D eigenvalue weighted by atomic mass is 16.5. The third-order valence-corrected chi connectivity index (χ3v) is 3.49. The van der Waals surface area contributed by atoms with Crippen LogP contribution in [0.2, 0.25) is 0 Å². The summed E-state index contributed by atoms with van der Waals surface area (Å²) in [4.78, 5) is 35.6. The molecule has 2 aromatic rings. The van der Waals surface area contributed by atoms with Crippen molar-refractivity contribution in [3.8, 4) is 11.5 Å². The van der Waals surface area contributed by atoms with Crippen LogP contribution < -0.4 is 14.8 Å². The topological polar surface area (TPSA) is 90.9 Å². The van der Waals surface area contributed by atoms with Crippen LogP contribution in [-0.4, -0.2) is 38.6 Å². The Balaban J connectivity index is 1.87. The van der Waals surface area contributed by atoms with Gasteiger partial charge in [0.25, 0.3) is 11.8 Å². The lowest BCUT2D eigenvalue weighted by Crippen LogP contribution is -2.34. The Kier molecular flexibility index (Phi) is 7.13. The molecule has 0 aliphatic heterocycles. The monoisotopic (exact) mass is 369 g/mol. The normalized spacial score (nSPS) is 10.3. The Morgan fingerprint density at radius 3 is 2.26 bits per heavy atom. The first-order chi connectivity index (χ1) is 13.0. The number of carbonyl (C=O) groups excluding carboxylic acids is 3. The van der Waals surface area contributed by atoms with E-state index >= 15 is 0 Å². The Morgan fingerprint density at radius 1 is 0.926 bits per heavy atom. The average Bonchev–Trinajstić information content (AvgIpc) is 2.70. The Bertz CT molecular complexity index is 859. The van der Waals surface area contributed by atoms with Crippen molar-refractivity contribution in [2.45, 2.75) is 0 Å². The number of carbonyl (C=O) groups is 3. The number of hydrogen-bond donors (Lipinski definition) is 1. The van der Waals surface area contributed by atoms with Gasteiger partial charge in [-0.25, -0.2) is 4.79 Å². The number of hydrogen-bond acceptors (Lipinski definition) is 6. The van der Waals surface area contributed by atoms with Gasteiger partial charge in [-0.1, -0.05) is 30.3 Å². The summed E-state index contributed by atoms with van der Waals surface area (Å²) >= 11 is 0. The first-order valence-corrected chi connectivity index (χ1v) is 8.00. The summed E-state index contributed by atoms with van der Waals surface area (Å²) in [6.45, 7) is -0.587. The van der Waals surface area contributed by atoms with Gasteiger partial charge in [0, 0.05) is 11.6 Å².